The van der Waals surface area contributed by atoms with Gasteiger partial charge in [-0.1, -0.05) is 103 Å². The number of thiophene rings is 1. The lowest BCUT2D eigenvalue weighted by molar-refractivity contribution is 1.17. The molecule has 2 nitrogen and oxygen atoms in total. The van der Waals surface area contributed by atoms with Crippen molar-refractivity contribution in [3.63, 3.8) is 0 Å². The second-order valence-electron chi connectivity index (χ2n) is 11.4. The van der Waals surface area contributed by atoms with Crippen LogP contribution in [0.2, 0.25) is 0 Å². The average molecular weight is 593 g/mol. The summed E-state index contributed by atoms with van der Waals surface area (Å²) in [5, 5.41) is 5.28. The Kier molecular flexibility index (Phi) is 6.03. The quantitative estimate of drug-likeness (QED) is 0.193. The number of rotatable bonds is 5. The third kappa shape index (κ3) is 4.24. The number of aromatic nitrogens is 1. The molecule has 0 saturated heterocycles. The maximum atomic E-state index is 2.42. The van der Waals surface area contributed by atoms with E-state index in [-0.39, 0.29) is 0 Å². The number of hydrogen-bond acceptors (Lipinski definition) is 2. The minimum absolute atomic E-state index is 1.12. The summed E-state index contributed by atoms with van der Waals surface area (Å²) < 4.78 is 5.10. The van der Waals surface area contributed by atoms with Gasteiger partial charge in [0.25, 0.3) is 0 Å². The molecule has 0 amide bonds. The molecular weight excluding hydrogens is 565 g/mol. The Morgan fingerprint density at radius 1 is 0.400 bits per heavy atom. The summed E-state index contributed by atoms with van der Waals surface area (Å²) in [5.41, 5.74) is 9.41. The third-order valence-electron chi connectivity index (χ3n) is 8.79. The van der Waals surface area contributed by atoms with Crippen LogP contribution in [-0.4, -0.2) is 4.57 Å². The largest absolute Gasteiger partial charge is 0.311 e. The number of benzene rings is 7. The van der Waals surface area contributed by atoms with E-state index in [1.54, 1.807) is 0 Å². The Labute approximate surface area is 265 Å². The maximum absolute atomic E-state index is 2.42. The molecule has 2 heterocycles. The van der Waals surface area contributed by atoms with Crippen molar-refractivity contribution in [3.05, 3.63) is 170 Å². The molecule has 0 aliphatic heterocycles. The molecular formula is C42H28N2S. The first-order chi connectivity index (χ1) is 22.3. The summed E-state index contributed by atoms with van der Waals surface area (Å²) in [6.45, 7) is 0. The molecule has 45 heavy (non-hydrogen) atoms. The molecule has 0 N–H and O–H groups in total. The van der Waals surface area contributed by atoms with Gasteiger partial charge in [0.05, 0.1) is 11.0 Å². The highest BCUT2D eigenvalue weighted by Crippen LogP contribution is 2.43. The molecule has 0 atom stereocenters. The van der Waals surface area contributed by atoms with Crippen molar-refractivity contribution in [2.75, 3.05) is 4.90 Å². The van der Waals surface area contributed by atoms with Crippen LogP contribution in [0.3, 0.4) is 0 Å². The van der Waals surface area contributed by atoms with E-state index in [0.717, 1.165) is 22.7 Å². The van der Waals surface area contributed by atoms with Gasteiger partial charge in [-0.15, -0.1) is 11.3 Å². The van der Waals surface area contributed by atoms with Crippen LogP contribution < -0.4 is 4.90 Å². The fraction of sp³-hybridized carbons (Fsp3) is 0. The van der Waals surface area contributed by atoms with Crippen molar-refractivity contribution >= 4 is 70.4 Å². The fourth-order valence-electron chi connectivity index (χ4n) is 6.72. The zero-order valence-electron chi connectivity index (χ0n) is 24.5. The van der Waals surface area contributed by atoms with E-state index >= 15 is 0 Å². The van der Waals surface area contributed by atoms with Crippen molar-refractivity contribution in [3.8, 4) is 16.8 Å². The lowest BCUT2D eigenvalue weighted by atomic mass is 10.0. The predicted octanol–water partition coefficient (Wildman–Crippen LogP) is 12.3. The highest BCUT2D eigenvalue weighted by atomic mass is 32.1. The van der Waals surface area contributed by atoms with E-state index in [1.807, 2.05) is 11.3 Å². The summed E-state index contributed by atoms with van der Waals surface area (Å²) in [4.78, 5) is 2.32. The Morgan fingerprint density at radius 2 is 0.978 bits per heavy atom. The number of hydrogen-bond donors (Lipinski definition) is 0. The average Bonchev–Trinajstić information content (AvgIpc) is 3.66. The molecule has 3 heteroatoms. The van der Waals surface area contributed by atoms with E-state index < -0.39 is 0 Å². The topological polar surface area (TPSA) is 8.17 Å². The molecule has 212 valence electrons. The molecule has 0 bridgehead atoms. The third-order valence-corrected chi connectivity index (χ3v) is 10.00. The highest BCUT2D eigenvalue weighted by Gasteiger charge is 2.18. The van der Waals surface area contributed by atoms with Crippen LogP contribution in [-0.2, 0) is 0 Å². The van der Waals surface area contributed by atoms with Crippen LogP contribution in [0, 0.1) is 0 Å². The van der Waals surface area contributed by atoms with E-state index in [4.69, 9.17) is 0 Å². The molecule has 7 aromatic carbocycles. The van der Waals surface area contributed by atoms with Crippen molar-refractivity contribution in [1.29, 1.82) is 0 Å². The summed E-state index contributed by atoms with van der Waals surface area (Å²) in [6.07, 6.45) is 0. The monoisotopic (exact) mass is 592 g/mol. The minimum atomic E-state index is 1.12. The van der Waals surface area contributed by atoms with Gasteiger partial charge >= 0.3 is 0 Å². The van der Waals surface area contributed by atoms with Crippen LogP contribution in [0.25, 0.3) is 58.8 Å². The Balaban J connectivity index is 1.18. The fourth-order valence-corrected chi connectivity index (χ4v) is 7.98. The van der Waals surface area contributed by atoms with Crippen molar-refractivity contribution in [2.45, 2.75) is 0 Å². The summed E-state index contributed by atoms with van der Waals surface area (Å²) in [7, 11) is 0. The number of fused-ring (bicyclic) bond motifs is 7. The van der Waals surface area contributed by atoms with Crippen molar-refractivity contribution in [1.82, 2.24) is 4.57 Å². The summed E-state index contributed by atoms with van der Waals surface area (Å²) in [6, 6.07) is 61.2. The molecule has 0 aliphatic carbocycles. The van der Waals surface area contributed by atoms with E-state index in [1.165, 1.54) is 53.1 Å². The van der Waals surface area contributed by atoms with Gasteiger partial charge in [0, 0.05) is 53.7 Å². The van der Waals surface area contributed by atoms with Crippen LogP contribution in [0.15, 0.2) is 170 Å². The SMILES string of the molecule is c1ccc(-c2ccc(N(c3ccccc3)c3ccc(-n4c5ccccc5c5c6sc7ccccc7c6ccc54)cc3)cc2)cc1. The highest BCUT2D eigenvalue weighted by molar-refractivity contribution is 7.26. The normalized spacial score (nSPS) is 11.6. The van der Waals surface area contributed by atoms with Gasteiger partial charge in [-0.2, -0.15) is 0 Å². The first-order valence-corrected chi connectivity index (χ1v) is 16.1. The lowest BCUT2D eigenvalue weighted by Crippen LogP contribution is -2.10. The molecule has 2 aromatic heterocycles. The maximum Gasteiger partial charge on any atom is 0.0555 e. The van der Waals surface area contributed by atoms with Crippen LogP contribution >= 0.6 is 11.3 Å². The Hall–Kier alpha value is -5.64. The smallest absolute Gasteiger partial charge is 0.0555 e. The van der Waals surface area contributed by atoms with E-state index in [9.17, 15) is 0 Å². The van der Waals surface area contributed by atoms with E-state index in [0.29, 0.717) is 0 Å². The number of nitrogens with zero attached hydrogens (tertiary/aromatic N) is 2. The molecule has 0 fully saturated rings. The molecule has 0 aliphatic rings. The molecule has 0 spiro atoms. The summed E-state index contributed by atoms with van der Waals surface area (Å²) >= 11 is 1.90. The second kappa shape index (κ2) is 10.5. The number of anilines is 3. The zero-order chi connectivity index (χ0) is 29.7. The van der Waals surface area contributed by atoms with Crippen LogP contribution in [0.1, 0.15) is 0 Å². The van der Waals surface area contributed by atoms with E-state index in [2.05, 4.69) is 179 Å². The molecule has 9 rings (SSSR count). The van der Waals surface area contributed by atoms with Gasteiger partial charge in [0.2, 0.25) is 0 Å². The second-order valence-corrected chi connectivity index (χ2v) is 12.4. The first kappa shape index (κ1) is 25.8. The lowest BCUT2D eigenvalue weighted by Gasteiger charge is -2.26. The van der Waals surface area contributed by atoms with Gasteiger partial charge in [0.1, 0.15) is 0 Å². The van der Waals surface area contributed by atoms with Gasteiger partial charge in [0.15, 0.2) is 0 Å². The Bertz CT molecular complexity index is 2450. The van der Waals surface area contributed by atoms with Gasteiger partial charge < -0.3 is 9.47 Å². The molecule has 0 saturated carbocycles. The zero-order valence-corrected chi connectivity index (χ0v) is 25.3. The van der Waals surface area contributed by atoms with Crippen LogP contribution in [0.4, 0.5) is 17.1 Å². The predicted molar refractivity (Wildman–Crippen MR) is 194 cm³/mol. The van der Waals surface area contributed by atoms with Gasteiger partial charge in [-0.25, -0.2) is 0 Å². The number of para-hydroxylation sites is 2. The van der Waals surface area contributed by atoms with Gasteiger partial charge in [-0.05, 0) is 77.9 Å². The molecule has 0 unspecified atom stereocenters. The van der Waals surface area contributed by atoms with Crippen molar-refractivity contribution < 1.29 is 0 Å². The van der Waals surface area contributed by atoms with Crippen LogP contribution in [0.5, 0.6) is 0 Å². The molecule has 9 aromatic rings. The van der Waals surface area contributed by atoms with Crippen molar-refractivity contribution in [2.24, 2.45) is 0 Å². The summed E-state index contributed by atoms with van der Waals surface area (Å²) in [5.74, 6) is 0. The van der Waals surface area contributed by atoms with Gasteiger partial charge in [-0.3, -0.25) is 0 Å². The molecule has 0 radical (unpaired) electrons. The first-order valence-electron chi connectivity index (χ1n) is 15.3. The Morgan fingerprint density at radius 3 is 1.73 bits per heavy atom. The minimum Gasteiger partial charge on any atom is -0.311 e. The standard InChI is InChI=1S/C42H28N2S/c1-3-11-29(12-4-1)30-19-21-32(22-20-30)43(31-13-5-2-6-14-31)33-23-25-34(26-24-33)44-38-17-9-7-16-37(38)41-39(44)28-27-36-35-15-8-10-18-40(35)45-42(36)41/h1-28H.